The number of hydrogen-bond donors (Lipinski definition) is 0. The van der Waals surface area contributed by atoms with Crippen LogP contribution in [0.25, 0.3) is 0 Å². The van der Waals surface area contributed by atoms with Crippen molar-refractivity contribution < 1.29 is 16.8 Å². The molecule has 0 saturated carbocycles. The zero-order valence-electron chi connectivity index (χ0n) is 9.83. The molecule has 17 heavy (non-hydrogen) atoms. The van der Waals surface area contributed by atoms with Crippen LogP contribution in [0.5, 0.6) is 0 Å². The highest BCUT2D eigenvalue weighted by molar-refractivity contribution is 7.92. The summed E-state index contributed by atoms with van der Waals surface area (Å²) in [7, 11) is -6.87. The predicted molar refractivity (Wildman–Crippen MR) is 63.4 cm³/mol. The van der Waals surface area contributed by atoms with Crippen LogP contribution in [0.2, 0.25) is 0 Å². The molecule has 0 aromatic heterocycles. The molecule has 1 rings (SSSR count). The van der Waals surface area contributed by atoms with Gasteiger partial charge in [0.15, 0.2) is 15.1 Å². The van der Waals surface area contributed by atoms with Gasteiger partial charge in [0, 0.05) is 12.6 Å². The number of nitrogens with zero attached hydrogens (tertiary/aromatic N) is 2. The van der Waals surface area contributed by atoms with E-state index in [1.54, 1.807) is 19.9 Å². The van der Waals surface area contributed by atoms with Crippen LogP contribution in [0, 0.1) is 11.3 Å². The highest BCUT2D eigenvalue weighted by Crippen LogP contribution is 2.20. The van der Waals surface area contributed by atoms with E-state index >= 15 is 0 Å². The Morgan fingerprint density at radius 3 is 2.53 bits per heavy atom. The van der Waals surface area contributed by atoms with Crippen LogP contribution >= 0.6 is 0 Å². The van der Waals surface area contributed by atoms with Crippen LogP contribution in [0.3, 0.4) is 0 Å². The Morgan fingerprint density at radius 1 is 1.53 bits per heavy atom. The van der Waals surface area contributed by atoms with Gasteiger partial charge in [-0.2, -0.15) is 9.57 Å². The Morgan fingerprint density at radius 2 is 2.12 bits per heavy atom. The molecule has 0 amide bonds. The lowest BCUT2D eigenvalue weighted by atomic mass is 10.4. The lowest BCUT2D eigenvalue weighted by Crippen LogP contribution is -2.52. The molecule has 98 valence electrons. The van der Waals surface area contributed by atoms with E-state index in [0.29, 0.717) is 0 Å². The quantitative estimate of drug-likeness (QED) is 0.709. The van der Waals surface area contributed by atoms with Crippen molar-refractivity contribution in [3.05, 3.63) is 0 Å². The molecule has 0 N–H and O–H groups in total. The number of sulfone groups is 1. The van der Waals surface area contributed by atoms with Crippen LogP contribution < -0.4 is 0 Å². The fourth-order valence-electron chi connectivity index (χ4n) is 1.89. The molecule has 1 aliphatic rings. The molecule has 1 saturated heterocycles. The van der Waals surface area contributed by atoms with Crippen LogP contribution in [0.1, 0.15) is 20.3 Å². The molecule has 1 fully saturated rings. The number of sulfonamides is 1. The van der Waals surface area contributed by atoms with Gasteiger partial charge in [-0.15, -0.1) is 0 Å². The number of nitriles is 1. The second kappa shape index (κ2) is 4.92. The van der Waals surface area contributed by atoms with Crippen LogP contribution in [-0.2, 0) is 19.9 Å². The van der Waals surface area contributed by atoms with E-state index in [-0.39, 0.29) is 24.5 Å². The van der Waals surface area contributed by atoms with Crippen LogP contribution in [0.15, 0.2) is 0 Å². The van der Waals surface area contributed by atoms with E-state index in [1.807, 2.05) is 0 Å². The zero-order chi connectivity index (χ0) is 13.3. The van der Waals surface area contributed by atoms with Gasteiger partial charge in [-0.05, 0) is 13.3 Å². The third kappa shape index (κ3) is 2.97. The maximum atomic E-state index is 12.1. The van der Waals surface area contributed by atoms with Gasteiger partial charge in [0.2, 0.25) is 10.0 Å². The van der Waals surface area contributed by atoms with Gasteiger partial charge >= 0.3 is 0 Å². The average molecular weight is 280 g/mol. The predicted octanol–water partition coefficient (Wildman–Crippen LogP) is -0.263. The molecule has 2 atom stereocenters. The topological polar surface area (TPSA) is 95.3 Å². The second-order valence-electron chi connectivity index (χ2n) is 4.15. The first kappa shape index (κ1) is 14.4. The zero-order valence-corrected chi connectivity index (χ0v) is 11.5. The van der Waals surface area contributed by atoms with Gasteiger partial charge < -0.3 is 0 Å². The summed E-state index contributed by atoms with van der Waals surface area (Å²) in [5.41, 5.74) is 0. The van der Waals surface area contributed by atoms with Gasteiger partial charge in [-0.25, -0.2) is 16.8 Å². The Hall–Kier alpha value is -0.650. The van der Waals surface area contributed by atoms with Gasteiger partial charge in [0.05, 0.1) is 17.6 Å². The first-order valence-electron chi connectivity index (χ1n) is 5.35. The maximum absolute atomic E-state index is 12.1. The third-order valence-corrected chi connectivity index (χ3v) is 6.96. The van der Waals surface area contributed by atoms with E-state index in [9.17, 15) is 16.8 Å². The summed E-state index contributed by atoms with van der Waals surface area (Å²) in [6, 6.07) is 1.16. The summed E-state index contributed by atoms with van der Waals surface area (Å²) in [6.07, 6.45) is 0.203. The van der Waals surface area contributed by atoms with E-state index in [2.05, 4.69) is 0 Å². The standard InChI is InChI=1S/C9H16N2O4S2/c1-3-9(6-10)17(14,15)11-4-5-16(12,13)7-8(11)2/h8-9H,3-5,7H2,1-2H3. The van der Waals surface area contributed by atoms with Gasteiger partial charge in [-0.1, -0.05) is 6.92 Å². The van der Waals surface area contributed by atoms with Crippen molar-refractivity contribution >= 4 is 19.9 Å². The van der Waals surface area contributed by atoms with Crippen molar-refractivity contribution in [2.45, 2.75) is 31.6 Å². The maximum Gasteiger partial charge on any atom is 0.230 e. The molecule has 0 radical (unpaired) electrons. The van der Waals surface area contributed by atoms with Gasteiger partial charge in [-0.3, -0.25) is 0 Å². The molecule has 0 aromatic carbocycles. The van der Waals surface area contributed by atoms with Crippen molar-refractivity contribution in [2.24, 2.45) is 0 Å². The smallest absolute Gasteiger partial charge is 0.229 e. The molecule has 0 bridgehead atoms. The Kier molecular flexibility index (Phi) is 4.17. The third-order valence-electron chi connectivity index (χ3n) is 2.81. The highest BCUT2D eigenvalue weighted by Gasteiger charge is 2.39. The summed E-state index contributed by atoms with van der Waals surface area (Å²) in [5.74, 6) is -0.341. The molecule has 1 heterocycles. The van der Waals surface area contributed by atoms with Crippen molar-refractivity contribution in [3.63, 3.8) is 0 Å². The van der Waals surface area contributed by atoms with Crippen molar-refractivity contribution in [1.82, 2.24) is 4.31 Å². The molecular formula is C9H16N2O4S2. The lowest BCUT2D eigenvalue weighted by Gasteiger charge is -2.33. The summed E-state index contributed by atoms with van der Waals surface area (Å²) in [5, 5.41) is 7.72. The molecule has 0 spiro atoms. The fraction of sp³-hybridized carbons (Fsp3) is 0.889. The first-order chi connectivity index (χ1) is 7.74. The van der Waals surface area contributed by atoms with Crippen LogP contribution in [-0.4, -0.2) is 50.5 Å². The Bertz CT molecular complexity index is 518. The summed E-state index contributed by atoms with van der Waals surface area (Å²) in [4.78, 5) is 0. The number of rotatable bonds is 3. The highest BCUT2D eigenvalue weighted by atomic mass is 32.2. The molecular weight excluding hydrogens is 264 g/mol. The Balaban J connectivity index is 3.00. The SMILES string of the molecule is CCC(C#N)S(=O)(=O)N1CCS(=O)(=O)CC1C. The van der Waals surface area contributed by atoms with Crippen molar-refractivity contribution in [3.8, 4) is 6.07 Å². The van der Waals surface area contributed by atoms with E-state index in [1.165, 1.54) is 0 Å². The van der Waals surface area contributed by atoms with Gasteiger partial charge in [0.1, 0.15) is 0 Å². The molecule has 2 unspecified atom stereocenters. The molecule has 8 heteroatoms. The second-order valence-corrected chi connectivity index (χ2v) is 8.44. The van der Waals surface area contributed by atoms with Crippen molar-refractivity contribution in [2.75, 3.05) is 18.1 Å². The minimum absolute atomic E-state index is 0.0516. The van der Waals surface area contributed by atoms with Crippen molar-refractivity contribution in [1.29, 1.82) is 5.26 Å². The average Bonchev–Trinajstić information content (AvgIpc) is 2.16. The summed E-state index contributed by atoms with van der Waals surface area (Å²) >= 11 is 0. The lowest BCUT2D eigenvalue weighted by molar-refractivity contribution is 0.354. The monoisotopic (exact) mass is 280 g/mol. The normalized spacial score (nSPS) is 27.2. The molecule has 0 aromatic rings. The van der Waals surface area contributed by atoms with E-state index in [4.69, 9.17) is 5.26 Å². The summed E-state index contributed by atoms with van der Waals surface area (Å²) in [6.45, 7) is 3.12. The molecule has 0 aliphatic carbocycles. The van der Waals surface area contributed by atoms with Gasteiger partial charge in [0.25, 0.3) is 0 Å². The Labute approximate surface area is 102 Å². The minimum atomic E-state index is -3.72. The van der Waals surface area contributed by atoms with Crippen LogP contribution in [0.4, 0.5) is 0 Å². The van der Waals surface area contributed by atoms with E-state index in [0.717, 1.165) is 4.31 Å². The first-order valence-corrected chi connectivity index (χ1v) is 8.67. The molecule has 1 aliphatic heterocycles. The fourth-order valence-corrected chi connectivity index (χ4v) is 5.46. The molecule has 6 nitrogen and oxygen atoms in total. The number of hydrogen-bond acceptors (Lipinski definition) is 5. The summed E-state index contributed by atoms with van der Waals surface area (Å²) < 4.78 is 48.0. The minimum Gasteiger partial charge on any atom is -0.229 e. The van der Waals surface area contributed by atoms with E-state index < -0.39 is 31.2 Å². The largest absolute Gasteiger partial charge is 0.230 e.